The van der Waals surface area contributed by atoms with Gasteiger partial charge in [0.25, 0.3) is 0 Å². The molecular weight excluding hydrogens is 370 g/mol. The first kappa shape index (κ1) is 18.8. The van der Waals surface area contributed by atoms with Crippen LogP contribution in [0.4, 0.5) is 0 Å². The van der Waals surface area contributed by atoms with Crippen LogP contribution >= 0.6 is 15.9 Å². The van der Waals surface area contributed by atoms with E-state index in [1.807, 2.05) is 24.3 Å². The zero-order valence-electron chi connectivity index (χ0n) is 14.3. The second-order valence-electron chi connectivity index (χ2n) is 5.87. The van der Waals surface area contributed by atoms with Gasteiger partial charge in [0.2, 0.25) is 0 Å². The molecule has 0 bridgehead atoms. The topological polar surface area (TPSA) is 50.7 Å². The van der Waals surface area contributed by atoms with Crippen molar-refractivity contribution in [1.29, 1.82) is 0 Å². The molecule has 2 aromatic rings. The van der Waals surface area contributed by atoms with Crippen molar-refractivity contribution in [2.24, 2.45) is 0 Å². The van der Waals surface area contributed by atoms with Crippen LogP contribution in [0.3, 0.4) is 0 Å². The molecule has 2 rings (SSSR count). The van der Waals surface area contributed by atoms with Crippen molar-refractivity contribution in [3.05, 3.63) is 57.6 Å². The number of halogens is 1. The molecule has 24 heavy (non-hydrogen) atoms. The molecule has 0 aliphatic carbocycles. The Kier molecular flexibility index (Phi) is 7.09. The Labute approximate surface area is 151 Å². The van der Waals surface area contributed by atoms with Gasteiger partial charge in [0.15, 0.2) is 11.5 Å². The highest BCUT2D eigenvalue weighted by Crippen LogP contribution is 2.37. The lowest BCUT2D eigenvalue weighted by Crippen LogP contribution is -2.23. The van der Waals surface area contributed by atoms with E-state index in [2.05, 4.69) is 40.3 Å². The molecule has 0 saturated carbocycles. The average molecular weight is 394 g/mol. The molecule has 0 unspecified atom stereocenters. The number of aliphatic hydroxyl groups is 1. The van der Waals surface area contributed by atoms with Crippen LogP contribution in [0.15, 0.2) is 40.9 Å². The molecule has 0 aliphatic heterocycles. The molecule has 0 radical (unpaired) electrons. The van der Waals surface area contributed by atoms with E-state index >= 15 is 0 Å². The lowest BCUT2D eigenvalue weighted by Gasteiger charge is -2.15. The van der Waals surface area contributed by atoms with Crippen molar-refractivity contribution >= 4 is 15.9 Å². The number of nitrogens with one attached hydrogen (secondary N) is 1. The molecule has 0 aliphatic rings. The molecule has 4 nitrogen and oxygen atoms in total. The van der Waals surface area contributed by atoms with Crippen LogP contribution in [0.5, 0.6) is 11.5 Å². The number of hydrogen-bond acceptors (Lipinski definition) is 4. The quantitative estimate of drug-likeness (QED) is 0.715. The van der Waals surface area contributed by atoms with Gasteiger partial charge in [-0.2, -0.15) is 0 Å². The highest BCUT2D eigenvalue weighted by atomic mass is 79.9. The summed E-state index contributed by atoms with van der Waals surface area (Å²) in [5, 5.41) is 12.5. The van der Waals surface area contributed by atoms with Gasteiger partial charge in [0.1, 0.15) is 6.61 Å². The van der Waals surface area contributed by atoms with Crippen molar-refractivity contribution in [1.82, 2.24) is 5.32 Å². The minimum Gasteiger partial charge on any atom is -0.493 e. The molecule has 1 atom stereocenters. The van der Waals surface area contributed by atoms with E-state index < -0.39 is 0 Å². The number of ether oxygens (including phenoxy) is 2. The monoisotopic (exact) mass is 393 g/mol. The van der Waals surface area contributed by atoms with Crippen LogP contribution < -0.4 is 14.8 Å². The fraction of sp³-hybridized carbons (Fsp3) is 0.368. The highest BCUT2D eigenvalue weighted by molar-refractivity contribution is 9.10. The Morgan fingerprint density at radius 1 is 1.21 bits per heavy atom. The van der Waals surface area contributed by atoms with Crippen LogP contribution in [-0.2, 0) is 13.2 Å². The van der Waals surface area contributed by atoms with Crippen molar-refractivity contribution < 1.29 is 14.6 Å². The van der Waals surface area contributed by atoms with Crippen LogP contribution in [0, 0.1) is 6.92 Å². The average Bonchev–Trinajstić information content (AvgIpc) is 2.53. The number of methoxy groups -OCH3 is 1. The summed E-state index contributed by atoms with van der Waals surface area (Å²) in [5.74, 6) is 1.38. The molecule has 2 aromatic carbocycles. The molecule has 0 fully saturated rings. The summed E-state index contributed by atoms with van der Waals surface area (Å²) in [6.45, 7) is 5.50. The molecule has 130 valence electrons. The van der Waals surface area contributed by atoms with E-state index in [0.29, 0.717) is 31.2 Å². The Balaban J connectivity index is 2.09. The minimum atomic E-state index is -0.368. The standard InChI is InChI=1S/C19H24BrNO3/c1-13-5-4-6-15(7-13)12-24-19-17(20)8-16(9-18(19)23-3)11-21-10-14(2)22/h4-9,14,21-22H,10-12H2,1-3H3/t14-/m1/s1. The van der Waals surface area contributed by atoms with Gasteiger partial charge in [-0.05, 0) is 53.0 Å². The largest absolute Gasteiger partial charge is 0.493 e. The van der Waals surface area contributed by atoms with Gasteiger partial charge in [0.05, 0.1) is 17.7 Å². The van der Waals surface area contributed by atoms with Gasteiger partial charge in [0, 0.05) is 13.1 Å². The summed E-state index contributed by atoms with van der Waals surface area (Å²) in [7, 11) is 1.63. The molecule has 0 aromatic heterocycles. The zero-order chi connectivity index (χ0) is 17.5. The van der Waals surface area contributed by atoms with Gasteiger partial charge in [-0.1, -0.05) is 29.8 Å². The fourth-order valence-electron chi connectivity index (χ4n) is 2.40. The second kappa shape index (κ2) is 9.06. The van der Waals surface area contributed by atoms with Crippen molar-refractivity contribution in [2.75, 3.05) is 13.7 Å². The Morgan fingerprint density at radius 3 is 2.67 bits per heavy atom. The highest BCUT2D eigenvalue weighted by Gasteiger charge is 2.12. The van der Waals surface area contributed by atoms with Crippen molar-refractivity contribution in [3.8, 4) is 11.5 Å². The number of rotatable bonds is 8. The van der Waals surface area contributed by atoms with Crippen LogP contribution in [-0.4, -0.2) is 24.9 Å². The predicted octanol–water partition coefficient (Wildman–Crippen LogP) is 3.82. The van der Waals surface area contributed by atoms with Gasteiger partial charge in [-0.15, -0.1) is 0 Å². The van der Waals surface area contributed by atoms with Crippen molar-refractivity contribution in [2.45, 2.75) is 33.1 Å². The summed E-state index contributed by atoms with van der Waals surface area (Å²) in [4.78, 5) is 0. The number of aliphatic hydroxyl groups excluding tert-OH is 1. The normalized spacial score (nSPS) is 12.0. The van der Waals surface area contributed by atoms with Gasteiger partial charge >= 0.3 is 0 Å². The van der Waals surface area contributed by atoms with E-state index in [4.69, 9.17) is 9.47 Å². The lowest BCUT2D eigenvalue weighted by atomic mass is 10.1. The van der Waals surface area contributed by atoms with Gasteiger partial charge in [-0.25, -0.2) is 0 Å². The van der Waals surface area contributed by atoms with E-state index in [1.54, 1.807) is 14.0 Å². The van der Waals surface area contributed by atoms with E-state index in [0.717, 1.165) is 15.6 Å². The third-order valence-corrected chi connectivity index (χ3v) is 4.11. The maximum Gasteiger partial charge on any atom is 0.175 e. The first-order valence-corrected chi connectivity index (χ1v) is 8.72. The molecule has 0 saturated heterocycles. The van der Waals surface area contributed by atoms with Crippen molar-refractivity contribution in [3.63, 3.8) is 0 Å². The van der Waals surface area contributed by atoms with Gasteiger partial charge < -0.3 is 19.9 Å². The summed E-state index contributed by atoms with van der Waals surface area (Å²) in [6.07, 6.45) is -0.368. The number of aryl methyl sites for hydroxylation is 1. The molecule has 2 N–H and O–H groups in total. The van der Waals surface area contributed by atoms with E-state index in [-0.39, 0.29) is 6.10 Å². The third-order valence-electron chi connectivity index (χ3n) is 3.52. The van der Waals surface area contributed by atoms with Crippen LogP contribution in [0.2, 0.25) is 0 Å². The summed E-state index contributed by atoms with van der Waals surface area (Å²) in [5.41, 5.74) is 3.38. The minimum absolute atomic E-state index is 0.368. The zero-order valence-corrected chi connectivity index (χ0v) is 15.9. The van der Waals surface area contributed by atoms with Crippen LogP contribution in [0.25, 0.3) is 0 Å². The van der Waals surface area contributed by atoms with Crippen LogP contribution in [0.1, 0.15) is 23.6 Å². The maximum atomic E-state index is 9.31. The maximum absolute atomic E-state index is 9.31. The Morgan fingerprint density at radius 2 is 2.00 bits per heavy atom. The Hall–Kier alpha value is -1.56. The molecule has 0 heterocycles. The summed E-state index contributed by atoms with van der Waals surface area (Å²) in [6, 6.07) is 12.2. The molecule has 0 spiro atoms. The number of hydrogen-bond donors (Lipinski definition) is 2. The molecular formula is C19H24BrNO3. The molecule has 0 amide bonds. The van der Waals surface area contributed by atoms with E-state index in [1.165, 1.54) is 5.56 Å². The first-order chi connectivity index (χ1) is 11.5. The fourth-order valence-corrected chi connectivity index (χ4v) is 3.00. The first-order valence-electron chi connectivity index (χ1n) is 7.93. The molecule has 5 heteroatoms. The van der Waals surface area contributed by atoms with Gasteiger partial charge in [-0.3, -0.25) is 0 Å². The third kappa shape index (κ3) is 5.51. The van der Waals surface area contributed by atoms with E-state index in [9.17, 15) is 5.11 Å². The smallest absolute Gasteiger partial charge is 0.175 e. The number of benzene rings is 2. The SMILES string of the molecule is COc1cc(CNC[C@@H](C)O)cc(Br)c1OCc1cccc(C)c1. The summed E-state index contributed by atoms with van der Waals surface area (Å²) >= 11 is 3.57. The predicted molar refractivity (Wildman–Crippen MR) is 99.6 cm³/mol. The lowest BCUT2D eigenvalue weighted by molar-refractivity contribution is 0.191. The Bertz CT molecular complexity index is 674. The summed E-state index contributed by atoms with van der Waals surface area (Å²) < 4.78 is 12.3. The second-order valence-corrected chi connectivity index (χ2v) is 6.72.